The van der Waals surface area contributed by atoms with Crippen molar-refractivity contribution in [3.05, 3.63) is 12.7 Å². The average Bonchev–Trinajstić information content (AvgIpc) is 2.93. The maximum absolute atomic E-state index is 10.00. The van der Waals surface area contributed by atoms with Crippen LogP contribution in [0.3, 0.4) is 0 Å². The highest BCUT2D eigenvalue weighted by molar-refractivity contribution is 4.98. The van der Waals surface area contributed by atoms with Gasteiger partial charge in [-0.15, -0.1) is 6.58 Å². The van der Waals surface area contributed by atoms with Gasteiger partial charge in [0.05, 0.1) is 19.8 Å². The third-order valence-electron chi connectivity index (χ3n) is 4.20. The van der Waals surface area contributed by atoms with E-state index in [1.54, 1.807) is 0 Å². The molecule has 0 radical (unpaired) electrons. The van der Waals surface area contributed by atoms with Crippen LogP contribution in [0.1, 0.15) is 0 Å². The van der Waals surface area contributed by atoms with Gasteiger partial charge in [-0.05, 0) is 0 Å². The van der Waals surface area contributed by atoms with Crippen LogP contribution in [-0.2, 0) is 14.2 Å². The van der Waals surface area contributed by atoms with E-state index in [-0.39, 0.29) is 6.61 Å². The van der Waals surface area contributed by atoms with Crippen molar-refractivity contribution in [1.29, 1.82) is 0 Å². The van der Waals surface area contributed by atoms with Gasteiger partial charge in [0, 0.05) is 0 Å². The summed E-state index contributed by atoms with van der Waals surface area (Å²) >= 11 is 0. The summed E-state index contributed by atoms with van der Waals surface area (Å²) < 4.78 is 15.4. The lowest BCUT2D eigenvalue weighted by atomic mass is 9.99. The van der Waals surface area contributed by atoms with Gasteiger partial charge in [-0.3, -0.25) is 0 Å². The zero-order chi connectivity index (χ0) is 20.8. The molecule has 0 bridgehead atoms. The Morgan fingerprint density at radius 1 is 0.852 bits per heavy atom. The molecular weight excluding hydrogens is 372 g/mol. The Morgan fingerprint density at radius 3 is 1.81 bits per heavy atom. The second kappa shape index (κ2) is 10.7. The van der Waals surface area contributed by atoms with Crippen LogP contribution in [0.25, 0.3) is 0 Å². The first kappa shape index (κ1) is 24.3. The smallest absolute Gasteiger partial charge is 0.224 e. The van der Waals surface area contributed by atoms with E-state index in [9.17, 15) is 30.6 Å². The minimum atomic E-state index is -2.22. The summed E-state index contributed by atoms with van der Waals surface area (Å²) in [6.45, 7) is 0.990. The standard InChI is InChI=1S/C12H22O11.C3H6O/c13-1-4-6(16)8(18)9(19)11(21-4)23-12(3-15)10(20)7(17)5(2-14)22-12;1-2-3-4/h4-11,13-20H,1-3H2;2,4H,1,3H2/t4-,5-,6-,7-,8+,9-,10+,11-,12+;/m1./s1. The van der Waals surface area contributed by atoms with E-state index in [1.807, 2.05) is 0 Å². The summed E-state index contributed by atoms with van der Waals surface area (Å²) in [6, 6.07) is 0. The zero-order valence-corrected chi connectivity index (χ0v) is 14.5. The average molecular weight is 400 g/mol. The molecule has 12 heteroatoms. The molecule has 2 fully saturated rings. The van der Waals surface area contributed by atoms with Crippen LogP contribution < -0.4 is 0 Å². The molecule has 2 saturated heterocycles. The molecule has 2 heterocycles. The third kappa shape index (κ3) is 5.20. The molecule has 2 rings (SSSR count). The highest BCUT2D eigenvalue weighted by Gasteiger charge is 2.58. The predicted octanol–water partition coefficient (Wildman–Crippen LogP) is -5.23. The van der Waals surface area contributed by atoms with Crippen LogP contribution in [-0.4, -0.2) is 127 Å². The van der Waals surface area contributed by atoms with Crippen LogP contribution in [0, 0.1) is 0 Å². The van der Waals surface area contributed by atoms with E-state index in [4.69, 9.17) is 29.5 Å². The van der Waals surface area contributed by atoms with E-state index >= 15 is 0 Å². The van der Waals surface area contributed by atoms with E-state index in [2.05, 4.69) is 6.58 Å². The van der Waals surface area contributed by atoms with Gasteiger partial charge in [-0.25, -0.2) is 0 Å². The molecule has 0 aliphatic carbocycles. The normalized spacial score (nSPS) is 44.5. The van der Waals surface area contributed by atoms with Crippen molar-refractivity contribution in [3.8, 4) is 0 Å². The number of aliphatic hydroxyl groups is 9. The van der Waals surface area contributed by atoms with E-state index in [0.29, 0.717) is 0 Å². The molecule has 0 unspecified atom stereocenters. The van der Waals surface area contributed by atoms with Crippen molar-refractivity contribution in [2.45, 2.75) is 54.8 Å². The largest absolute Gasteiger partial charge is 0.394 e. The Labute approximate surface area is 155 Å². The van der Waals surface area contributed by atoms with E-state index in [1.165, 1.54) is 6.08 Å². The fourth-order valence-corrected chi connectivity index (χ4v) is 2.63. The molecule has 12 nitrogen and oxygen atoms in total. The first-order valence-corrected chi connectivity index (χ1v) is 8.18. The van der Waals surface area contributed by atoms with Gasteiger partial charge in [0.15, 0.2) is 6.29 Å². The lowest BCUT2D eigenvalue weighted by molar-refractivity contribution is -0.383. The predicted molar refractivity (Wildman–Crippen MR) is 85.9 cm³/mol. The molecular formula is C15H28O12. The van der Waals surface area contributed by atoms with Crippen molar-refractivity contribution in [2.75, 3.05) is 26.4 Å². The van der Waals surface area contributed by atoms with Crippen LogP contribution >= 0.6 is 0 Å². The first-order chi connectivity index (χ1) is 12.7. The van der Waals surface area contributed by atoms with Crippen molar-refractivity contribution in [1.82, 2.24) is 0 Å². The van der Waals surface area contributed by atoms with Crippen LogP contribution in [0.5, 0.6) is 0 Å². The van der Waals surface area contributed by atoms with Crippen LogP contribution in [0.2, 0.25) is 0 Å². The topological polar surface area (TPSA) is 210 Å². The van der Waals surface area contributed by atoms with Gasteiger partial charge < -0.3 is 60.2 Å². The molecule has 9 atom stereocenters. The summed E-state index contributed by atoms with van der Waals surface area (Å²) in [4.78, 5) is 0. The summed E-state index contributed by atoms with van der Waals surface area (Å²) in [5.74, 6) is -2.22. The highest BCUT2D eigenvalue weighted by Crippen LogP contribution is 2.35. The van der Waals surface area contributed by atoms with Gasteiger partial charge in [0.25, 0.3) is 0 Å². The molecule has 0 spiro atoms. The van der Waals surface area contributed by atoms with E-state index in [0.717, 1.165) is 0 Å². The highest BCUT2D eigenvalue weighted by atomic mass is 16.8. The molecule has 0 aromatic rings. The summed E-state index contributed by atoms with van der Waals surface area (Å²) in [7, 11) is 0. The van der Waals surface area contributed by atoms with Crippen molar-refractivity contribution < 1.29 is 60.2 Å². The Hall–Kier alpha value is -0.740. The maximum Gasteiger partial charge on any atom is 0.224 e. The number of ether oxygens (including phenoxy) is 3. The van der Waals surface area contributed by atoms with Gasteiger partial charge >= 0.3 is 0 Å². The molecule has 0 aromatic heterocycles. The van der Waals surface area contributed by atoms with Gasteiger partial charge in [0.1, 0.15) is 49.3 Å². The fourth-order valence-electron chi connectivity index (χ4n) is 2.63. The first-order valence-electron chi connectivity index (χ1n) is 8.18. The molecule has 0 amide bonds. The number of aliphatic hydroxyl groups excluding tert-OH is 9. The molecule has 0 saturated carbocycles. The minimum absolute atomic E-state index is 0.0833. The summed E-state index contributed by atoms with van der Waals surface area (Å²) in [6.07, 6.45) is -11.2. The van der Waals surface area contributed by atoms with Crippen LogP contribution in [0.15, 0.2) is 12.7 Å². The molecule has 2 aliphatic rings. The number of hydrogen-bond donors (Lipinski definition) is 9. The summed E-state index contributed by atoms with van der Waals surface area (Å²) in [5.41, 5.74) is 0. The molecule has 0 aromatic carbocycles. The van der Waals surface area contributed by atoms with Gasteiger partial charge in [-0.1, -0.05) is 6.08 Å². The quantitative estimate of drug-likeness (QED) is 0.192. The Morgan fingerprint density at radius 2 is 1.41 bits per heavy atom. The van der Waals surface area contributed by atoms with Gasteiger partial charge in [0.2, 0.25) is 5.79 Å². The minimum Gasteiger partial charge on any atom is -0.394 e. The molecule has 9 N–H and O–H groups in total. The number of rotatable bonds is 6. The molecule has 160 valence electrons. The number of hydrogen-bond acceptors (Lipinski definition) is 12. The second-order valence-electron chi connectivity index (χ2n) is 6.03. The Kier molecular flexibility index (Phi) is 9.64. The monoisotopic (exact) mass is 400 g/mol. The molecule has 27 heavy (non-hydrogen) atoms. The van der Waals surface area contributed by atoms with Crippen molar-refractivity contribution in [3.63, 3.8) is 0 Å². The van der Waals surface area contributed by atoms with Gasteiger partial charge in [-0.2, -0.15) is 0 Å². The maximum atomic E-state index is 10.00. The summed E-state index contributed by atoms with van der Waals surface area (Å²) in [5, 5.41) is 84.4. The SMILES string of the molecule is C=CCO.OC[C@H]1O[C@@](CO)(O[C@H]2O[C@H](CO)[C@@H](O)[C@H](O)[C@H]2O)[C@@H](O)[C@@H]1O. The second-order valence-corrected chi connectivity index (χ2v) is 6.03. The fraction of sp³-hybridized carbons (Fsp3) is 0.867. The molecule has 2 aliphatic heterocycles. The lowest BCUT2D eigenvalue weighted by Crippen LogP contribution is -2.62. The lowest BCUT2D eigenvalue weighted by Gasteiger charge is -2.43. The Bertz CT molecular complexity index is 449. The van der Waals surface area contributed by atoms with Crippen molar-refractivity contribution in [2.24, 2.45) is 0 Å². The van der Waals surface area contributed by atoms with Crippen molar-refractivity contribution >= 4 is 0 Å². The van der Waals surface area contributed by atoms with E-state index < -0.39 is 74.6 Å². The zero-order valence-electron chi connectivity index (χ0n) is 14.5. The third-order valence-corrected chi connectivity index (χ3v) is 4.20. The Balaban J connectivity index is 0.000000828. The van der Waals surface area contributed by atoms with Crippen LogP contribution in [0.4, 0.5) is 0 Å².